The van der Waals surface area contributed by atoms with E-state index in [1.165, 1.54) is 0 Å². The summed E-state index contributed by atoms with van der Waals surface area (Å²) in [5.74, 6) is 0.887. The number of carbonyl (C=O) groups is 1. The number of aromatic nitrogens is 3. The third kappa shape index (κ3) is 4.30. The molecule has 0 aliphatic rings. The summed E-state index contributed by atoms with van der Waals surface area (Å²) in [6.07, 6.45) is 0. The van der Waals surface area contributed by atoms with E-state index in [2.05, 4.69) is 20.5 Å². The van der Waals surface area contributed by atoms with E-state index in [1.54, 1.807) is 38.3 Å². The van der Waals surface area contributed by atoms with E-state index in [1.807, 2.05) is 24.3 Å². The second-order valence-electron chi connectivity index (χ2n) is 5.52. The quantitative estimate of drug-likeness (QED) is 0.641. The van der Waals surface area contributed by atoms with Gasteiger partial charge in [0, 0.05) is 11.3 Å². The Morgan fingerprint density at radius 3 is 2.41 bits per heavy atom. The molecule has 0 bridgehead atoms. The van der Waals surface area contributed by atoms with E-state index in [0.717, 1.165) is 11.3 Å². The Morgan fingerprint density at radius 2 is 1.78 bits per heavy atom. The molecule has 0 aliphatic carbocycles. The monoisotopic (exact) mass is 365 g/mol. The summed E-state index contributed by atoms with van der Waals surface area (Å²) in [6, 6.07) is 14.1. The number of nitrogen functional groups attached to an aromatic ring is 1. The number of rotatable bonds is 6. The number of esters is 1. The standard InChI is InChI=1S/C19H19N5O3/c1-3-27-18(25)13-4-8-14(9-5-13)21-19-22-16(17(20)23-24-19)12-6-10-15(26-2)11-7-12/h4-11H,3H2,1-2H3,(H2,20,23)(H,21,22,24). The lowest BCUT2D eigenvalue weighted by atomic mass is 10.1. The third-order valence-corrected chi connectivity index (χ3v) is 3.73. The van der Waals surface area contributed by atoms with Crippen molar-refractivity contribution in [3.63, 3.8) is 0 Å². The Hall–Kier alpha value is -3.68. The van der Waals surface area contributed by atoms with Crippen LogP contribution in [-0.4, -0.2) is 34.9 Å². The van der Waals surface area contributed by atoms with Crippen LogP contribution < -0.4 is 15.8 Å². The average Bonchev–Trinajstić information content (AvgIpc) is 2.70. The molecule has 3 aromatic rings. The van der Waals surface area contributed by atoms with Crippen molar-refractivity contribution in [2.45, 2.75) is 6.92 Å². The minimum atomic E-state index is -0.365. The molecule has 8 nitrogen and oxygen atoms in total. The predicted molar refractivity (Wildman–Crippen MR) is 102 cm³/mol. The van der Waals surface area contributed by atoms with Gasteiger partial charge in [-0.05, 0) is 55.5 Å². The number of hydrogen-bond donors (Lipinski definition) is 2. The molecule has 8 heteroatoms. The number of benzene rings is 2. The van der Waals surface area contributed by atoms with Crippen molar-refractivity contribution >= 4 is 23.4 Å². The van der Waals surface area contributed by atoms with E-state index < -0.39 is 0 Å². The van der Waals surface area contributed by atoms with Crippen molar-refractivity contribution in [3.8, 4) is 17.0 Å². The molecular formula is C19H19N5O3. The summed E-state index contributed by atoms with van der Waals surface area (Å²) in [4.78, 5) is 16.1. The molecule has 27 heavy (non-hydrogen) atoms. The van der Waals surface area contributed by atoms with Crippen molar-refractivity contribution < 1.29 is 14.3 Å². The van der Waals surface area contributed by atoms with Crippen LogP contribution in [0.5, 0.6) is 5.75 Å². The molecule has 0 atom stereocenters. The number of anilines is 3. The van der Waals surface area contributed by atoms with Crippen LogP contribution in [0.15, 0.2) is 48.5 Å². The number of hydrogen-bond acceptors (Lipinski definition) is 8. The number of methoxy groups -OCH3 is 1. The number of nitrogens with one attached hydrogen (secondary N) is 1. The molecule has 2 aromatic carbocycles. The number of carbonyl (C=O) groups excluding carboxylic acids is 1. The van der Waals surface area contributed by atoms with Crippen LogP contribution in [0.3, 0.4) is 0 Å². The second-order valence-corrected chi connectivity index (χ2v) is 5.52. The molecule has 0 fully saturated rings. The molecule has 0 saturated heterocycles. The Balaban J connectivity index is 1.80. The molecule has 1 aromatic heterocycles. The molecule has 0 radical (unpaired) electrons. The molecule has 0 unspecified atom stereocenters. The highest BCUT2D eigenvalue weighted by atomic mass is 16.5. The van der Waals surface area contributed by atoms with Gasteiger partial charge in [0.15, 0.2) is 5.82 Å². The molecular weight excluding hydrogens is 346 g/mol. The first-order chi connectivity index (χ1) is 13.1. The second kappa shape index (κ2) is 8.13. The number of nitrogens with zero attached hydrogens (tertiary/aromatic N) is 3. The molecule has 0 spiro atoms. The maximum absolute atomic E-state index is 11.7. The number of nitrogens with two attached hydrogens (primary N) is 1. The van der Waals surface area contributed by atoms with Gasteiger partial charge in [-0.3, -0.25) is 0 Å². The van der Waals surface area contributed by atoms with E-state index in [4.69, 9.17) is 15.2 Å². The predicted octanol–water partition coefficient (Wildman–Crippen LogP) is 3.05. The highest BCUT2D eigenvalue weighted by molar-refractivity contribution is 5.89. The fourth-order valence-corrected chi connectivity index (χ4v) is 2.38. The van der Waals surface area contributed by atoms with Crippen molar-refractivity contribution in [1.29, 1.82) is 0 Å². The maximum Gasteiger partial charge on any atom is 0.338 e. The molecule has 0 aliphatic heterocycles. The zero-order valence-electron chi connectivity index (χ0n) is 15.0. The SMILES string of the molecule is CCOC(=O)c1ccc(Nc2nnc(N)c(-c3ccc(OC)cc3)n2)cc1. The van der Waals surface area contributed by atoms with Crippen molar-refractivity contribution in [1.82, 2.24) is 15.2 Å². The molecule has 0 saturated carbocycles. The van der Waals surface area contributed by atoms with Crippen LogP contribution in [0.2, 0.25) is 0 Å². The minimum absolute atomic E-state index is 0.225. The van der Waals surface area contributed by atoms with Crippen LogP contribution in [0.25, 0.3) is 11.3 Å². The fraction of sp³-hybridized carbons (Fsp3) is 0.158. The van der Waals surface area contributed by atoms with Gasteiger partial charge in [-0.1, -0.05) is 0 Å². The van der Waals surface area contributed by atoms with Gasteiger partial charge in [0.05, 0.1) is 19.3 Å². The van der Waals surface area contributed by atoms with Crippen molar-refractivity contribution in [2.75, 3.05) is 24.8 Å². The Labute approximate surface area is 156 Å². The van der Waals surface area contributed by atoms with Gasteiger partial charge in [-0.25, -0.2) is 9.78 Å². The smallest absolute Gasteiger partial charge is 0.338 e. The van der Waals surface area contributed by atoms with Gasteiger partial charge in [-0.15, -0.1) is 10.2 Å². The minimum Gasteiger partial charge on any atom is -0.497 e. The molecule has 138 valence electrons. The van der Waals surface area contributed by atoms with Gasteiger partial charge >= 0.3 is 5.97 Å². The van der Waals surface area contributed by atoms with Gasteiger partial charge in [-0.2, -0.15) is 0 Å². The first kappa shape index (κ1) is 18.1. The zero-order chi connectivity index (χ0) is 19.2. The van der Waals surface area contributed by atoms with Gasteiger partial charge < -0.3 is 20.5 Å². The van der Waals surface area contributed by atoms with Crippen molar-refractivity contribution in [3.05, 3.63) is 54.1 Å². The maximum atomic E-state index is 11.7. The van der Waals surface area contributed by atoms with Gasteiger partial charge in [0.1, 0.15) is 11.4 Å². The molecule has 0 amide bonds. The summed E-state index contributed by atoms with van der Waals surface area (Å²) in [6.45, 7) is 2.09. The summed E-state index contributed by atoms with van der Waals surface area (Å²) >= 11 is 0. The molecule has 3 N–H and O–H groups in total. The van der Waals surface area contributed by atoms with E-state index in [-0.39, 0.29) is 11.8 Å². The fourth-order valence-electron chi connectivity index (χ4n) is 2.38. The zero-order valence-corrected chi connectivity index (χ0v) is 15.0. The topological polar surface area (TPSA) is 112 Å². The first-order valence-electron chi connectivity index (χ1n) is 8.29. The van der Waals surface area contributed by atoms with E-state index in [0.29, 0.717) is 29.5 Å². The van der Waals surface area contributed by atoms with E-state index >= 15 is 0 Å². The van der Waals surface area contributed by atoms with E-state index in [9.17, 15) is 4.79 Å². The molecule has 3 rings (SSSR count). The summed E-state index contributed by atoms with van der Waals surface area (Å²) < 4.78 is 10.1. The number of ether oxygens (including phenoxy) is 2. The summed E-state index contributed by atoms with van der Waals surface area (Å²) in [5.41, 5.74) is 8.40. The highest BCUT2D eigenvalue weighted by Gasteiger charge is 2.10. The lowest BCUT2D eigenvalue weighted by Gasteiger charge is -2.09. The van der Waals surface area contributed by atoms with Crippen LogP contribution >= 0.6 is 0 Å². The molecule has 1 heterocycles. The lowest BCUT2D eigenvalue weighted by molar-refractivity contribution is 0.0526. The van der Waals surface area contributed by atoms with Crippen molar-refractivity contribution in [2.24, 2.45) is 0 Å². The van der Waals surface area contributed by atoms with Gasteiger partial charge in [0.2, 0.25) is 5.95 Å². The lowest BCUT2D eigenvalue weighted by Crippen LogP contribution is -2.06. The Bertz CT molecular complexity index is 927. The Kier molecular flexibility index (Phi) is 5.46. The first-order valence-corrected chi connectivity index (χ1v) is 8.29. The summed E-state index contributed by atoms with van der Waals surface area (Å²) in [5, 5.41) is 11.0. The average molecular weight is 365 g/mol. The van der Waals surface area contributed by atoms with Crippen LogP contribution in [-0.2, 0) is 4.74 Å². The normalized spacial score (nSPS) is 10.3. The third-order valence-electron chi connectivity index (χ3n) is 3.73. The summed E-state index contributed by atoms with van der Waals surface area (Å²) in [7, 11) is 1.60. The largest absolute Gasteiger partial charge is 0.497 e. The Morgan fingerprint density at radius 1 is 1.07 bits per heavy atom. The van der Waals surface area contributed by atoms with Crippen LogP contribution in [0.1, 0.15) is 17.3 Å². The van der Waals surface area contributed by atoms with Crippen LogP contribution in [0, 0.1) is 0 Å². The van der Waals surface area contributed by atoms with Crippen LogP contribution in [0.4, 0.5) is 17.5 Å². The highest BCUT2D eigenvalue weighted by Crippen LogP contribution is 2.25. The van der Waals surface area contributed by atoms with Gasteiger partial charge in [0.25, 0.3) is 0 Å².